The van der Waals surface area contributed by atoms with E-state index in [0.717, 1.165) is 0 Å². The highest BCUT2D eigenvalue weighted by molar-refractivity contribution is 5.92. The smallest absolute Gasteiger partial charge is 0.255 e. The van der Waals surface area contributed by atoms with Gasteiger partial charge in [-0.1, -0.05) is 6.07 Å². The monoisotopic (exact) mass is 390 g/mol. The van der Waals surface area contributed by atoms with Crippen LogP contribution < -0.4 is 16.6 Å². The average molecular weight is 390 g/mol. The lowest BCUT2D eigenvalue weighted by molar-refractivity contribution is -0.117. The van der Waals surface area contributed by atoms with Gasteiger partial charge in [-0.15, -0.1) is 0 Å². The fourth-order valence-electron chi connectivity index (χ4n) is 3.18. The van der Waals surface area contributed by atoms with Gasteiger partial charge in [0.2, 0.25) is 5.91 Å². The summed E-state index contributed by atoms with van der Waals surface area (Å²) in [5.41, 5.74) is 6.11. The van der Waals surface area contributed by atoms with E-state index in [9.17, 15) is 14.0 Å². The van der Waals surface area contributed by atoms with Gasteiger partial charge in [0, 0.05) is 37.5 Å². The van der Waals surface area contributed by atoms with Gasteiger partial charge in [0.15, 0.2) is 0 Å². The highest BCUT2D eigenvalue weighted by Gasteiger charge is 2.31. The van der Waals surface area contributed by atoms with Crippen molar-refractivity contribution in [3.05, 3.63) is 58.8 Å². The molecule has 0 bridgehead atoms. The molecule has 1 aliphatic heterocycles. The molecule has 4 N–H and O–H groups in total. The molecule has 1 fully saturated rings. The van der Waals surface area contributed by atoms with Crippen molar-refractivity contribution in [1.82, 2.24) is 9.47 Å². The molecule has 1 aromatic heterocycles. The SMILES string of the molecule is N[C@H]1CN(CC(=O)Nc2ccc(-n3ccccc3=O)cc2F)C[C@@H]1OCCO. The summed E-state index contributed by atoms with van der Waals surface area (Å²) in [5.74, 6) is -1.01. The van der Waals surface area contributed by atoms with Crippen molar-refractivity contribution in [1.29, 1.82) is 0 Å². The summed E-state index contributed by atoms with van der Waals surface area (Å²) < 4.78 is 21.2. The summed E-state index contributed by atoms with van der Waals surface area (Å²) >= 11 is 0. The van der Waals surface area contributed by atoms with Gasteiger partial charge < -0.3 is 20.9 Å². The topological polar surface area (TPSA) is 110 Å². The van der Waals surface area contributed by atoms with Crippen LogP contribution in [0.4, 0.5) is 10.1 Å². The van der Waals surface area contributed by atoms with Crippen LogP contribution in [0.1, 0.15) is 0 Å². The number of nitrogens with one attached hydrogen (secondary N) is 1. The average Bonchev–Trinajstić information content (AvgIpc) is 3.01. The van der Waals surface area contributed by atoms with Gasteiger partial charge in [0.25, 0.3) is 5.56 Å². The molecule has 1 saturated heterocycles. The number of amides is 1. The van der Waals surface area contributed by atoms with Crippen molar-refractivity contribution in [2.45, 2.75) is 12.1 Å². The first-order valence-electron chi connectivity index (χ1n) is 8.96. The van der Waals surface area contributed by atoms with E-state index in [4.69, 9.17) is 15.6 Å². The number of nitrogens with zero attached hydrogens (tertiary/aromatic N) is 2. The number of aliphatic hydroxyl groups is 1. The molecule has 0 radical (unpaired) electrons. The number of benzene rings is 1. The van der Waals surface area contributed by atoms with Crippen molar-refractivity contribution in [2.75, 3.05) is 38.2 Å². The molecule has 1 amide bonds. The predicted molar refractivity (Wildman–Crippen MR) is 102 cm³/mol. The molecule has 0 unspecified atom stereocenters. The van der Waals surface area contributed by atoms with Crippen LogP contribution in [0.2, 0.25) is 0 Å². The molecule has 9 heteroatoms. The molecule has 0 spiro atoms. The first-order chi connectivity index (χ1) is 13.5. The van der Waals surface area contributed by atoms with Gasteiger partial charge >= 0.3 is 0 Å². The number of hydrogen-bond acceptors (Lipinski definition) is 6. The van der Waals surface area contributed by atoms with E-state index in [2.05, 4.69) is 5.32 Å². The van der Waals surface area contributed by atoms with Crippen molar-refractivity contribution in [3.8, 4) is 5.69 Å². The zero-order chi connectivity index (χ0) is 20.1. The van der Waals surface area contributed by atoms with E-state index >= 15 is 0 Å². The zero-order valence-electron chi connectivity index (χ0n) is 15.3. The Morgan fingerprint density at radius 3 is 2.86 bits per heavy atom. The molecule has 1 aliphatic rings. The van der Waals surface area contributed by atoms with Crippen molar-refractivity contribution in [3.63, 3.8) is 0 Å². The molecular weight excluding hydrogens is 367 g/mol. The third-order valence-electron chi connectivity index (χ3n) is 4.50. The highest BCUT2D eigenvalue weighted by atomic mass is 19.1. The Bertz CT molecular complexity index is 888. The number of nitrogens with two attached hydrogens (primary N) is 1. The Kier molecular flexibility index (Phi) is 6.53. The molecule has 2 atom stereocenters. The number of likely N-dealkylation sites (tertiary alicyclic amines) is 1. The molecular formula is C19H23FN4O4. The minimum atomic E-state index is -0.635. The lowest BCUT2D eigenvalue weighted by Gasteiger charge is -2.16. The maximum atomic E-state index is 14.4. The first-order valence-corrected chi connectivity index (χ1v) is 8.96. The maximum Gasteiger partial charge on any atom is 0.255 e. The fourth-order valence-corrected chi connectivity index (χ4v) is 3.18. The van der Waals surface area contributed by atoms with Gasteiger partial charge in [0.05, 0.1) is 37.2 Å². The number of carbonyl (C=O) groups excluding carboxylic acids is 1. The molecule has 2 aromatic rings. The number of halogens is 1. The largest absolute Gasteiger partial charge is 0.394 e. The Morgan fingerprint density at radius 1 is 1.32 bits per heavy atom. The van der Waals surface area contributed by atoms with E-state index in [0.29, 0.717) is 18.8 Å². The van der Waals surface area contributed by atoms with Gasteiger partial charge in [-0.25, -0.2) is 4.39 Å². The Hall–Kier alpha value is -2.59. The second-order valence-corrected chi connectivity index (χ2v) is 6.61. The number of aromatic nitrogens is 1. The Labute approximate surface area is 161 Å². The van der Waals surface area contributed by atoms with Crippen molar-refractivity contribution < 1.29 is 19.0 Å². The van der Waals surface area contributed by atoms with Crippen LogP contribution in [0, 0.1) is 5.82 Å². The predicted octanol–water partition coefficient (Wildman–Crippen LogP) is -0.0645. The van der Waals surface area contributed by atoms with Crippen molar-refractivity contribution >= 4 is 11.6 Å². The molecule has 28 heavy (non-hydrogen) atoms. The van der Waals surface area contributed by atoms with Gasteiger partial charge in [-0.3, -0.25) is 19.1 Å². The minimum absolute atomic E-state index is 0.0364. The van der Waals surface area contributed by atoms with Crippen LogP contribution in [0.25, 0.3) is 5.69 Å². The minimum Gasteiger partial charge on any atom is -0.394 e. The highest BCUT2D eigenvalue weighted by Crippen LogP contribution is 2.18. The molecule has 3 rings (SSSR count). The maximum absolute atomic E-state index is 14.4. The fraction of sp³-hybridized carbons (Fsp3) is 0.368. The number of rotatable bonds is 7. The number of anilines is 1. The van der Waals surface area contributed by atoms with Crippen LogP contribution in [0.3, 0.4) is 0 Å². The van der Waals surface area contributed by atoms with E-state index in [1.165, 1.54) is 22.8 Å². The molecule has 8 nitrogen and oxygen atoms in total. The van der Waals surface area contributed by atoms with E-state index in [1.807, 2.05) is 4.90 Å². The van der Waals surface area contributed by atoms with E-state index < -0.39 is 5.82 Å². The zero-order valence-corrected chi connectivity index (χ0v) is 15.3. The van der Waals surface area contributed by atoms with Crippen LogP contribution >= 0.6 is 0 Å². The second-order valence-electron chi connectivity index (χ2n) is 6.61. The van der Waals surface area contributed by atoms with Crippen LogP contribution in [0.15, 0.2) is 47.4 Å². The van der Waals surface area contributed by atoms with Crippen LogP contribution in [-0.2, 0) is 9.53 Å². The first kappa shape index (κ1) is 20.2. The molecule has 0 saturated carbocycles. The third kappa shape index (κ3) is 4.82. The summed E-state index contributed by atoms with van der Waals surface area (Å²) in [6.07, 6.45) is 1.29. The van der Waals surface area contributed by atoms with Gasteiger partial charge in [-0.05, 0) is 18.2 Å². The summed E-state index contributed by atoms with van der Waals surface area (Å²) in [6.45, 7) is 1.09. The standard InChI is InChI=1S/C19H23FN4O4/c20-14-9-13(24-6-2-1-3-19(24)27)4-5-16(14)22-18(26)12-23-10-15(21)17(11-23)28-8-7-25/h1-6,9,15,17,25H,7-8,10-12,21H2,(H,22,26)/t15-,17-/m0/s1. The Balaban J connectivity index is 1.60. The van der Waals surface area contributed by atoms with Crippen molar-refractivity contribution in [2.24, 2.45) is 5.73 Å². The summed E-state index contributed by atoms with van der Waals surface area (Å²) in [6, 6.07) is 8.59. The van der Waals surface area contributed by atoms with E-state index in [-0.39, 0.29) is 49.1 Å². The molecule has 150 valence electrons. The molecule has 1 aromatic carbocycles. The number of hydrogen-bond donors (Lipinski definition) is 3. The lowest BCUT2D eigenvalue weighted by Crippen LogP contribution is -2.35. The van der Waals surface area contributed by atoms with E-state index in [1.54, 1.807) is 24.4 Å². The number of aliphatic hydroxyl groups excluding tert-OH is 1. The number of pyridine rings is 1. The van der Waals surface area contributed by atoms with Crippen LogP contribution in [-0.4, -0.2) is 65.5 Å². The number of ether oxygens (including phenoxy) is 1. The third-order valence-corrected chi connectivity index (χ3v) is 4.50. The summed E-state index contributed by atoms with van der Waals surface area (Å²) in [5, 5.41) is 11.4. The summed E-state index contributed by atoms with van der Waals surface area (Å²) in [7, 11) is 0. The molecule has 2 heterocycles. The summed E-state index contributed by atoms with van der Waals surface area (Å²) in [4.78, 5) is 25.9. The second kappa shape index (κ2) is 9.07. The lowest BCUT2D eigenvalue weighted by atomic mass is 10.2. The quantitative estimate of drug-likeness (QED) is 0.611. The normalized spacial score (nSPS) is 19.7. The number of carbonyl (C=O) groups is 1. The van der Waals surface area contributed by atoms with Gasteiger partial charge in [0.1, 0.15) is 5.82 Å². The van der Waals surface area contributed by atoms with Gasteiger partial charge in [-0.2, -0.15) is 0 Å². The molecule has 0 aliphatic carbocycles. The Morgan fingerprint density at radius 2 is 2.14 bits per heavy atom. The van der Waals surface area contributed by atoms with Crippen LogP contribution in [0.5, 0.6) is 0 Å².